The van der Waals surface area contributed by atoms with E-state index in [-0.39, 0.29) is 42.9 Å². The van der Waals surface area contributed by atoms with Gasteiger partial charge in [-0.3, -0.25) is 4.99 Å². The average molecular weight is 476 g/mol. The van der Waals surface area contributed by atoms with Crippen molar-refractivity contribution < 1.29 is 13.2 Å². The fourth-order valence-electron chi connectivity index (χ4n) is 3.77. The molecule has 0 aromatic rings. The van der Waals surface area contributed by atoms with Crippen LogP contribution in [0.15, 0.2) is 4.99 Å². The molecule has 1 aliphatic carbocycles. The predicted molar refractivity (Wildman–Crippen MR) is 107 cm³/mol. The van der Waals surface area contributed by atoms with Crippen molar-refractivity contribution in [1.29, 1.82) is 0 Å². The summed E-state index contributed by atoms with van der Waals surface area (Å²) in [5.41, 5.74) is 0. The van der Waals surface area contributed by atoms with Crippen molar-refractivity contribution in [3.05, 3.63) is 0 Å². The molecular weight excluding hydrogens is 444 g/mol. The Labute approximate surface area is 166 Å². The van der Waals surface area contributed by atoms with Crippen LogP contribution in [-0.2, 0) is 0 Å². The molecule has 148 valence electrons. The van der Waals surface area contributed by atoms with Crippen LogP contribution in [0.25, 0.3) is 0 Å². The van der Waals surface area contributed by atoms with Crippen LogP contribution >= 0.6 is 24.0 Å². The van der Waals surface area contributed by atoms with Gasteiger partial charge in [0.2, 0.25) is 0 Å². The maximum atomic E-state index is 12.9. The summed E-state index contributed by atoms with van der Waals surface area (Å²) < 4.78 is 38.8. The summed E-state index contributed by atoms with van der Waals surface area (Å²) in [5, 5.41) is 6.41. The number of guanidine groups is 1. The number of piperidine rings is 1. The van der Waals surface area contributed by atoms with E-state index in [9.17, 15) is 13.2 Å². The number of rotatable bonds is 4. The highest BCUT2D eigenvalue weighted by Crippen LogP contribution is 2.37. The van der Waals surface area contributed by atoms with E-state index in [1.807, 2.05) is 6.92 Å². The molecule has 2 aliphatic rings. The summed E-state index contributed by atoms with van der Waals surface area (Å²) in [5.74, 6) is 0.0191. The van der Waals surface area contributed by atoms with Crippen LogP contribution in [0.4, 0.5) is 13.2 Å². The minimum Gasteiger partial charge on any atom is -0.357 e. The van der Waals surface area contributed by atoms with Gasteiger partial charge in [0.15, 0.2) is 5.96 Å². The largest absolute Gasteiger partial charge is 0.391 e. The molecular formula is C17H32F3IN4. The van der Waals surface area contributed by atoms with E-state index in [1.54, 1.807) is 0 Å². The van der Waals surface area contributed by atoms with Crippen molar-refractivity contribution in [3.8, 4) is 0 Å². The standard InChI is InChI=1S/C17H31F3N4.HI/c1-3-21-16(22-11-13-6-5-9-24(2)12-13)23-15-8-4-7-14(10-15)17(18,19)20;/h13-15H,3-12H2,1-2H3,(H2,21,22,23);1H. The molecule has 0 amide bonds. The number of hydrogen-bond donors (Lipinski definition) is 2. The second kappa shape index (κ2) is 10.8. The molecule has 1 saturated carbocycles. The Balaban J connectivity index is 0.00000312. The third-order valence-corrected chi connectivity index (χ3v) is 5.05. The second-order valence-corrected chi connectivity index (χ2v) is 7.24. The third-order valence-electron chi connectivity index (χ3n) is 5.05. The number of aliphatic imine (C=N–C) groups is 1. The monoisotopic (exact) mass is 476 g/mol. The topological polar surface area (TPSA) is 39.7 Å². The lowest BCUT2D eigenvalue weighted by molar-refractivity contribution is -0.183. The molecule has 3 unspecified atom stereocenters. The fourth-order valence-corrected chi connectivity index (χ4v) is 3.77. The van der Waals surface area contributed by atoms with E-state index in [2.05, 4.69) is 27.6 Å². The van der Waals surface area contributed by atoms with Gasteiger partial charge in [-0.2, -0.15) is 13.2 Å². The molecule has 2 fully saturated rings. The molecule has 0 aromatic carbocycles. The first-order valence-corrected chi connectivity index (χ1v) is 9.18. The van der Waals surface area contributed by atoms with Crippen LogP contribution in [0, 0.1) is 11.8 Å². The lowest BCUT2D eigenvalue weighted by Crippen LogP contribution is -2.47. The minimum absolute atomic E-state index is 0. The lowest BCUT2D eigenvalue weighted by atomic mass is 9.85. The maximum Gasteiger partial charge on any atom is 0.391 e. The third kappa shape index (κ3) is 7.88. The fraction of sp³-hybridized carbons (Fsp3) is 0.941. The van der Waals surface area contributed by atoms with Crippen LogP contribution in [0.1, 0.15) is 45.4 Å². The first kappa shape index (κ1) is 22.8. The highest BCUT2D eigenvalue weighted by Gasteiger charge is 2.42. The summed E-state index contributed by atoms with van der Waals surface area (Å²) in [6, 6.07) is -0.141. The highest BCUT2D eigenvalue weighted by molar-refractivity contribution is 14.0. The van der Waals surface area contributed by atoms with Gasteiger partial charge in [-0.1, -0.05) is 6.42 Å². The number of halogens is 4. The van der Waals surface area contributed by atoms with Crippen LogP contribution in [0.2, 0.25) is 0 Å². The molecule has 4 nitrogen and oxygen atoms in total. The van der Waals surface area contributed by atoms with Gasteiger partial charge < -0.3 is 15.5 Å². The van der Waals surface area contributed by atoms with Gasteiger partial charge >= 0.3 is 6.18 Å². The SMILES string of the molecule is CCNC(=NCC1CCCN(C)C1)NC1CCCC(C(F)(F)F)C1.I. The quantitative estimate of drug-likeness (QED) is 0.370. The Kier molecular flexibility index (Phi) is 9.84. The van der Waals surface area contributed by atoms with Crippen molar-refractivity contribution in [3.63, 3.8) is 0 Å². The zero-order chi connectivity index (χ0) is 17.6. The smallest absolute Gasteiger partial charge is 0.357 e. The minimum atomic E-state index is -4.08. The van der Waals surface area contributed by atoms with Crippen molar-refractivity contribution in [1.82, 2.24) is 15.5 Å². The van der Waals surface area contributed by atoms with E-state index < -0.39 is 12.1 Å². The van der Waals surface area contributed by atoms with Crippen LogP contribution in [-0.4, -0.2) is 56.3 Å². The normalized spacial score (nSPS) is 29.0. The first-order chi connectivity index (χ1) is 11.4. The molecule has 1 aliphatic heterocycles. The summed E-state index contributed by atoms with van der Waals surface area (Å²) in [4.78, 5) is 6.96. The Morgan fingerprint density at radius 3 is 2.60 bits per heavy atom. The molecule has 25 heavy (non-hydrogen) atoms. The zero-order valence-electron chi connectivity index (χ0n) is 15.2. The molecule has 0 radical (unpaired) electrons. The predicted octanol–water partition coefficient (Wildman–Crippen LogP) is 3.62. The van der Waals surface area contributed by atoms with Gasteiger partial charge in [0.25, 0.3) is 0 Å². The van der Waals surface area contributed by atoms with Crippen LogP contribution in [0.3, 0.4) is 0 Å². The Morgan fingerprint density at radius 2 is 1.96 bits per heavy atom. The van der Waals surface area contributed by atoms with Crippen molar-refractivity contribution in [2.24, 2.45) is 16.8 Å². The van der Waals surface area contributed by atoms with Crippen molar-refractivity contribution >= 4 is 29.9 Å². The van der Waals surface area contributed by atoms with Crippen LogP contribution in [0.5, 0.6) is 0 Å². The summed E-state index contributed by atoms with van der Waals surface area (Å²) in [7, 11) is 2.12. The molecule has 0 aromatic heterocycles. The van der Waals surface area contributed by atoms with Crippen molar-refractivity contribution in [2.45, 2.75) is 57.7 Å². The first-order valence-electron chi connectivity index (χ1n) is 9.18. The molecule has 1 saturated heterocycles. The molecule has 8 heteroatoms. The van der Waals surface area contributed by atoms with E-state index >= 15 is 0 Å². The summed E-state index contributed by atoms with van der Waals surface area (Å²) in [6.45, 7) is 5.60. The summed E-state index contributed by atoms with van der Waals surface area (Å²) >= 11 is 0. The number of nitrogens with zero attached hydrogens (tertiary/aromatic N) is 2. The molecule has 0 spiro atoms. The highest BCUT2D eigenvalue weighted by atomic mass is 127. The molecule has 2 rings (SSSR count). The van der Waals surface area contributed by atoms with Gasteiger partial charge in [-0.25, -0.2) is 0 Å². The van der Waals surface area contributed by atoms with Gasteiger partial charge in [-0.15, -0.1) is 24.0 Å². The second-order valence-electron chi connectivity index (χ2n) is 7.24. The van der Waals surface area contributed by atoms with E-state index in [0.717, 1.165) is 26.1 Å². The van der Waals surface area contributed by atoms with E-state index in [1.165, 1.54) is 12.8 Å². The Bertz CT molecular complexity index is 417. The van der Waals surface area contributed by atoms with E-state index in [4.69, 9.17) is 0 Å². The van der Waals surface area contributed by atoms with Gasteiger partial charge in [-0.05, 0) is 58.5 Å². The number of likely N-dealkylation sites (tertiary alicyclic amines) is 1. The van der Waals surface area contributed by atoms with Crippen molar-refractivity contribution in [2.75, 3.05) is 33.2 Å². The average Bonchev–Trinajstić information content (AvgIpc) is 2.52. The van der Waals surface area contributed by atoms with Crippen LogP contribution < -0.4 is 10.6 Å². The maximum absolute atomic E-state index is 12.9. The van der Waals surface area contributed by atoms with Gasteiger partial charge in [0.1, 0.15) is 0 Å². The lowest BCUT2D eigenvalue weighted by Gasteiger charge is -2.32. The van der Waals surface area contributed by atoms with Gasteiger partial charge in [0, 0.05) is 25.7 Å². The molecule has 1 heterocycles. The number of alkyl halides is 3. The Hall–Kier alpha value is -0.250. The molecule has 3 atom stereocenters. The molecule has 0 bridgehead atoms. The van der Waals surface area contributed by atoms with Gasteiger partial charge in [0.05, 0.1) is 5.92 Å². The molecule has 2 N–H and O–H groups in total. The Morgan fingerprint density at radius 1 is 1.20 bits per heavy atom. The number of nitrogens with one attached hydrogen (secondary N) is 2. The number of hydrogen-bond acceptors (Lipinski definition) is 2. The zero-order valence-corrected chi connectivity index (χ0v) is 17.6. The summed E-state index contributed by atoms with van der Waals surface area (Å²) in [6.07, 6.45) is 0.0908. The van der Waals surface area contributed by atoms with E-state index in [0.29, 0.717) is 24.8 Å².